The highest BCUT2D eigenvalue weighted by Crippen LogP contribution is 2.21. The molecule has 0 aromatic rings. The van der Waals surface area contributed by atoms with Crippen LogP contribution in [0, 0.1) is 11.8 Å². The third kappa shape index (κ3) is 2.58. The second kappa shape index (κ2) is 5.01. The van der Waals surface area contributed by atoms with Crippen molar-refractivity contribution in [3.05, 3.63) is 0 Å². The number of hydrogen-bond donors (Lipinski definition) is 2. The van der Waals surface area contributed by atoms with Crippen LogP contribution >= 0.6 is 0 Å². The van der Waals surface area contributed by atoms with Gasteiger partial charge in [-0.1, -0.05) is 6.92 Å². The summed E-state index contributed by atoms with van der Waals surface area (Å²) in [5.74, 6) is -1.64. The minimum atomic E-state index is -0.937. The van der Waals surface area contributed by atoms with Gasteiger partial charge in [-0.3, -0.25) is 9.59 Å². The molecule has 2 rings (SSSR count). The van der Waals surface area contributed by atoms with Gasteiger partial charge in [-0.2, -0.15) is 0 Å². The van der Waals surface area contributed by atoms with Crippen LogP contribution in [0.25, 0.3) is 0 Å². The average Bonchev–Trinajstić information content (AvgIpc) is 2.86. The Morgan fingerprint density at radius 2 is 2.12 bits per heavy atom. The van der Waals surface area contributed by atoms with E-state index < -0.39 is 24.0 Å². The molecule has 0 radical (unpaired) electrons. The second-order valence-corrected chi connectivity index (χ2v) is 4.65. The molecule has 0 spiro atoms. The number of carboxylic acids is 1. The normalized spacial score (nSPS) is 37.0. The van der Waals surface area contributed by atoms with Crippen LogP contribution in [0.1, 0.15) is 13.3 Å². The molecular formula is C11H17NO5. The van der Waals surface area contributed by atoms with E-state index in [1.54, 1.807) is 0 Å². The fourth-order valence-corrected chi connectivity index (χ4v) is 2.24. The number of carbonyl (C=O) groups excluding carboxylic acids is 1. The number of amides is 1. The Morgan fingerprint density at radius 1 is 1.35 bits per heavy atom. The van der Waals surface area contributed by atoms with Crippen LogP contribution in [0.2, 0.25) is 0 Å². The van der Waals surface area contributed by atoms with Crippen molar-refractivity contribution in [2.75, 3.05) is 19.8 Å². The molecule has 0 aromatic carbocycles. The molecule has 2 saturated heterocycles. The summed E-state index contributed by atoms with van der Waals surface area (Å²) in [6.07, 6.45) is 0.409. The van der Waals surface area contributed by atoms with Gasteiger partial charge in [-0.05, 0) is 12.3 Å². The number of aliphatic carboxylic acids is 1. The smallest absolute Gasteiger partial charge is 0.311 e. The Kier molecular flexibility index (Phi) is 3.63. The second-order valence-electron chi connectivity index (χ2n) is 4.65. The van der Waals surface area contributed by atoms with Gasteiger partial charge in [0.1, 0.15) is 12.0 Å². The van der Waals surface area contributed by atoms with Crippen LogP contribution in [-0.4, -0.2) is 48.9 Å². The molecule has 4 unspecified atom stereocenters. The first-order valence-corrected chi connectivity index (χ1v) is 5.82. The largest absolute Gasteiger partial charge is 0.481 e. The Balaban J connectivity index is 1.91. The van der Waals surface area contributed by atoms with E-state index in [-0.39, 0.29) is 25.0 Å². The van der Waals surface area contributed by atoms with Gasteiger partial charge in [0.25, 0.3) is 0 Å². The van der Waals surface area contributed by atoms with Crippen LogP contribution in [0.15, 0.2) is 0 Å². The molecule has 6 nitrogen and oxygen atoms in total. The molecule has 0 aliphatic carbocycles. The van der Waals surface area contributed by atoms with Crippen molar-refractivity contribution in [1.29, 1.82) is 0 Å². The number of nitrogens with one attached hydrogen (secondary N) is 1. The highest BCUT2D eigenvalue weighted by atomic mass is 16.5. The van der Waals surface area contributed by atoms with E-state index in [1.165, 1.54) is 0 Å². The Hall–Kier alpha value is -1.14. The molecule has 2 aliphatic rings. The van der Waals surface area contributed by atoms with Crippen molar-refractivity contribution in [1.82, 2.24) is 5.32 Å². The summed E-state index contributed by atoms with van der Waals surface area (Å²) in [7, 11) is 0. The zero-order valence-corrected chi connectivity index (χ0v) is 9.72. The number of hydrogen-bond acceptors (Lipinski definition) is 4. The van der Waals surface area contributed by atoms with E-state index in [2.05, 4.69) is 5.32 Å². The van der Waals surface area contributed by atoms with Gasteiger partial charge in [0.15, 0.2) is 0 Å². The maximum absolute atomic E-state index is 11.9. The summed E-state index contributed by atoms with van der Waals surface area (Å²) in [5, 5.41) is 11.7. The monoisotopic (exact) mass is 243 g/mol. The van der Waals surface area contributed by atoms with E-state index in [0.717, 1.165) is 6.42 Å². The number of carbonyl (C=O) groups is 2. The Morgan fingerprint density at radius 3 is 2.71 bits per heavy atom. The molecule has 2 aliphatic heterocycles. The van der Waals surface area contributed by atoms with Crippen molar-refractivity contribution in [2.24, 2.45) is 11.8 Å². The molecular weight excluding hydrogens is 226 g/mol. The summed E-state index contributed by atoms with van der Waals surface area (Å²) in [5.41, 5.74) is 0. The van der Waals surface area contributed by atoms with Crippen LogP contribution < -0.4 is 5.32 Å². The summed E-state index contributed by atoms with van der Waals surface area (Å²) in [6.45, 7) is 2.95. The van der Waals surface area contributed by atoms with Gasteiger partial charge in [-0.25, -0.2) is 0 Å². The standard InChI is InChI=1S/C11H17NO5/c1-6-2-3-17-9(6)10(13)12-8-5-16-4-7(8)11(14)15/h6-9H,2-5H2,1H3,(H,12,13)(H,14,15). The van der Waals surface area contributed by atoms with Gasteiger partial charge in [0, 0.05) is 6.61 Å². The number of rotatable bonds is 3. The first-order chi connectivity index (χ1) is 8.09. The summed E-state index contributed by atoms with van der Waals surface area (Å²) in [6, 6.07) is -0.448. The molecule has 6 heteroatoms. The van der Waals surface area contributed by atoms with E-state index in [9.17, 15) is 9.59 Å². The SMILES string of the molecule is CC1CCOC1C(=O)NC1COCC1C(=O)O. The predicted octanol–water partition coefficient (Wildman–Crippen LogP) is -0.373. The maximum atomic E-state index is 11.9. The first kappa shape index (κ1) is 12.3. The summed E-state index contributed by atoms with van der Waals surface area (Å²) in [4.78, 5) is 22.8. The van der Waals surface area contributed by atoms with Gasteiger partial charge in [-0.15, -0.1) is 0 Å². The van der Waals surface area contributed by atoms with E-state index in [4.69, 9.17) is 14.6 Å². The lowest BCUT2D eigenvalue weighted by Gasteiger charge is -2.20. The third-order valence-corrected chi connectivity index (χ3v) is 3.37. The average molecular weight is 243 g/mol. The van der Waals surface area contributed by atoms with Crippen molar-refractivity contribution in [2.45, 2.75) is 25.5 Å². The molecule has 2 heterocycles. The van der Waals surface area contributed by atoms with Crippen molar-refractivity contribution < 1.29 is 24.2 Å². The molecule has 96 valence electrons. The lowest BCUT2D eigenvalue weighted by atomic mass is 10.0. The third-order valence-electron chi connectivity index (χ3n) is 3.37. The summed E-state index contributed by atoms with van der Waals surface area (Å²) >= 11 is 0. The summed E-state index contributed by atoms with van der Waals surface area (Å²) < 4.78 is 10.4. The van der Waals surface area contributed by atoms with Crippen LogP contribution in [-0.2, 0) is 19.1 Å². The molecule has 0 bridgehead atoms. The van der Waals surface area contributed by atoms with Gasteiger partial charge >= 0.3 is 5.97 Å². The fraction of sp³-hybridized carbons (Fsp3) is 0.818. The molecule has 2 fully saturated rings. The van der Waals surface area contributed by atoms with E-state index in [0.29, 0.717) is 6.61 Å². The van der Waals surface area contributed by atoms with Crippen molar-refractivity contribution in [3.8, 4) is 0 Å². The van der Waals surface area contributed by atoms with Crippen LogP contribution in [0.5, 0.6) is 0 Å². The highest BCUT2D eigenvalue weighted by molar-refractivity contribution is 5.82. The minimum Gasteiger partial charge on any atom is -0.481 e. The minimum absolute atomic E-state index is 0.154. The maximum Gasteiger partial charge on any atom is 0.311 e. The number of carboxylic acid groups (broad SMARTS) is 1. The van der Waals surface area contributed by atoms with E-state index >= 15 is 0 Å². The van der Waals surface area contributed by atoms with Crippen molar-refractivity contribution in [3.63, 3.8) is 0 Å². The fourth-order valence-electron chi connectivity index (χ4n) is 2.24. The quantitative estimate of drug-likeness (QED) is 0.706. The van der Waals surface area contributed by atoms with Gasteiger partial charge < -0.3 is 19.9 Å². The van der Waals surface area contributed by atoms with Crippen LogP contribution in [0.3, 0.4) is 0 Å². The Labute approximate surface area is 99.3 Å². The zero-order chi connectivity index (χ0) is 12.4. The highest BCUT2D eigenvalue weighted by Gasteiger charge is 2.38. The topological polar surface area (TPSA) is 84.9 Å². The predicted molar refractivity (Wildman–Crippen MR) is 57.4 cm³/mol. The molecule has 17 heavy (non-hydrogen) atoms. The lowest BCUT2D eigenvalue weighted by molar-refractivity contribution is -0.142. The van der Waals surface area contributed by atoms with E-state index in [1.807, 2.05) is 6.92 Å². The Bertz CT molecular complexity index is 319. The van der Waals surface area contributed by atoms with Gasteiger partial charge in [0.05, 0.1) is 19.3 Å². The molecule has 4 atom stereocenters. The zero-order valence-electron chi connectivity index (χ0n) is 9.72. The lowest BCUT2D eigenvalue weighted by Crippen LogP contribution is -2.47. The van der Waals surface area contributed by atoms with Crippen LogP contribution in [0.4, 0.5) is 0 Å². The molecule has 1 amide bonds. The molecule has 2 N–H and O–H groups in total. The molecule has 0 aromatic heterocycles. The molecule has 0 saturated carbocycles. The first-order valence-electron chi connectivity index (χ1n) is 5.82. The number of ether oxygens (including phenoxy) is 2. The van der Waals surface area contributed by atoms with Gasteiger partial charge in [0.2, 0.25) is 5.91 Å². The van der Waals surface area contributed by atoms with Crippen molar-refractivity contribution >= 4 is 11.9 Å².